The number of aliphatic imine (C=N–C) groups is 2. The molecule has 13 rings (SSSR count). The van der Waals surface area contributed by atoms with Gasteiger partial charge < -0.3 is 13.6 Å². The lowest BCUT2D eigenvalue weighted by atomic mass is 9.96. The predicted octanol–water partition coefficient (Wildman–Crippen LogP) is 15.6. The molecule has 0 spiro atoms. The smallest absolute Gasteiger partial charge is 0.155 e. The lowest BCUT2D eigenvalue weighted by Gasteiger charge is -2.20. The Hall–Kier alpha value is -8.28. The fourth-order valence-electron chi connectivity index (χ4n) is 10.3. The van der Waals surface area contributed by atoms with Crippen LogP contribution in [0.5, 0.6) is 0 Å². The lowest BCUT2D eigenvalue weighted by Crippen LogP contribution is -2.13. The first-order valence-corrected chi connectivity index (χ1v) is 22.6. The number of hydrogen-bond acceptors (Lipinski definition) is 3. The van der Waals surface area contributed by atoms with E-state index in [-0.39, 0.29) is 6.04 Å². The number of para-hydroxylation sites is 4. The number of amidine groups is 1. The van der Waals surface area contributed by atoms with Crippen molar-refractivity contribution >= 4 is 77.1 Å². The average Bonchev–Trinajstić information content (AvgIpc) is 4.01. The van der Waals surface area contributed by atoms with Gasteiger partial charge in [0.1, 0.15) is 11.2 Å². The largest absolute Gasteiger partial charge is 0.456 e. The molecule has 1 aliphatic rings. The summed E-state index contributed by atoms with van der Waals surface area (Å²) in [7, 11) is 0. The number of fused-ring (bicyclic) bond motifs is 9. The lowest BCUT2D eigenvalue weighted by molar-refractivity contribution is 0.621. The number of nitrogens with zero attached hydrogens (tertiary/aromatic N) is 4. The molecule has 4 heterocycles. The topological polar surface area (TPSA) is 47.7 Å². The van der Waals surface area contributed by atoms with Crippen LogP contribution in [0.25, 0.3) is 88.1 Å². The molecule has 0 amide bonds. The zero-order valence-corrected chi connectivity index (χ0v) is 35.6. The molecule has 0 N–H and O–H groups in total. The van der Waals surface area contributed by atoms with Crippen LogP contribution in [0.1, 0.15) is 42.0 Å². The first-order valence-electron chi connectivity index (χ1n) is 22.6. The van der Waals surface area contributed by atoms with Crippen LogP contribution in [0.15, 0.2) is 227 Å². The quantitative estimate of drug-likeness (QED) is 0.165. The monoisotopic (exact) mass is 834 g/mol. The van der Waals surface area contributed by atoms with Gasteiger partial charge in [-0.3, -0.25) is 4.99 Å². The molecule has 0 aliphatic carbocycles. The van der Waals surface area contributed by atoms with E-state index in [0.717, 1.165) is 86.4 Å². The van der Waals surface area contributed by atoms with Crippen molar-refractivity contribution in [1.82, 2.24) is 9.13 Å². The van der Waals surface area contributed by atoms with E-state index in [1.54, 1.807) is 0 Å². The third-order valence-electron chi connectivity index (χ3n) is 13.3. The minimum Gasteiger partial charge on any atom is -0.456 e. The minimum absolute atomic E-state index is 0.103. The normalized spacial score (nSPS) is 14.6. The molecule has 308 valence electrons. The number of hydrogen-bond donors (Lipinski definition) is 0. The zero-order chi connectivity index (χ0) is 42.8. The van der Waals surface area contributed by atoms with Gasteiger partial charge in [0.15, 0.2) is 5.84 Å². The van der Waals surface area contributed by atoms with E-state index in [9.17, 15) is 0 Å². The zero-order valence-electron chi connectivity index (χ0n) is 35.6. The van der Waals surface area contributed by atoms with E-state index in [1.807, 2.05) is 12.1 Å². The molecule has 1 unspecified atom stereocenters. The molecule has 0 radical (unpaired) electrons. The number of aromatic nitrogens is 2. The van der Waals surface area contributed by atoms with Gasteiger partial charge in [-0.25, -0.2) is 4.99 Å². The SMILES string of the molecule is c1ccc(-c2cccc(C3=NC(c4cccc(-n5c6ccccc6c6cc7c8ccccc8n(-c8ccccc8)c7cc65)c4)CCCC(c4ccc5c(c4)oc4ccccc45)=N3)c2)cc1. The van der Waals surface area contributed by atoms with E-state index in [0.29, 0.717) is 0 Å². The van der Waals surface area contributed by atoms with Gasteiger partial charge in [-0.1, -0.05) is 140 Å². The molecular weight excluding hydrogens is 793 g/mol. The standard InChI is InChI=1S/C60H42N4O/c1-3-16-39(17-4-1)40-18-13-20-43(34-40)60-61-52(27-15-28-53(62-60)42-32-33-49-48-26-9-12-31-58(48)65-59(49)36-42)41-19-14-23-45(35-41)64-55-30-11-8-25-47(55)51-37-50-46-24-7-10-29-54(46)63(56(50)38-57(51)64)44-21-5-2-6-22-44/h1-14,16-26,29-38,52H,15,27-28H2. The van der Waals surface area contributed by atoms with Crippen molar-refractivity contribution in [2.24, 2.45) is 9.98 Å². The van der Waals surface area contributed by atoms with Crippen molar-refractivity contribution in [2.45, 2.75) is 25.3 Å². The van der Waals surface area contributed by atoms with Gasteiger partial charge in [0.25, 0.3) is 0 Å². The first-order chi connectivity index (χ1) is 32.2. The van der Waals surface area contributed by atoms with E-state index < -0.39 is 0 Å². The second kappa shape index (κ2) is 15.2. The van der Waals surface area contributed by atoms with Crippen molar-refractivity contribution in [2.75, 3.05) is 0 Å². The number of furan rings is 1. The summed E-state index contributed by atoms with van der Waals surface area (Å²) in [4.78, 5) is 11.1. The van der Waals surface area contributed by atoms with E-state index in [4.69, 9.17) is 14.4 Å². The Bertz CT molecular complexity index is 3870. The molecule has 12 aromatic rings. The molecule has 0 bridgehead atoms. The summed E-state index contributed by atoms with van der Waals surface area (Å²) >= 11 is 0. The van der Waals surface area contributed by atoms with Crippen LogP contribution in [-0.2, 0) is 0 Å². The Labute approximate surface area is 375 Å². The molecule has 0 fully saturated rings. The van der Waals surface area contributed by atoms with E-state index >= 15 is 0 Å². The van der Waals surface area contributed by atoms with Crippen LogP contribution < -0.4 is 0 Å². The molecule has 5 nitrogen and oxygen atoms in total. The van der Waals surface area contributed by atoms with Crippen molar-refractivity contribution in [3.63, 3.8) is 0 Å². The Morgan fingerprint density at radius 1 is 0.400 bits per heavy atom. The Morgan fingerprint density at radius 3 is 1.80 bits per heavy atom. The third kappa shape index (κ3) is 6.30. The highest BCUT2D eigenvalue weighted by Crippen LogP contribution is 2.41. The Balaban J connectivity index is 0.970. The van der Waals surface area contributed by atoms with Crippen LogP contribution in [0.2, 0.25) is 0 Å². The second-order valence-corrected chi connectivity index (χ2v) is 17.2. The molecular formula is C60H42N4O. The minimum atomic E-state index is -0.103. The highest BCUT2D eigenvalue weighted by Gasteiger charge is 2.22. The van der Waals surface area contributed by atoms with Crippen molar-refractivity contribution in [1.29, 1.82) is 0 Å². The van der Waals surface area contributed by atoms with Gasteiger partial charge in [-0.2, -0.15) is 0 Å². The summed E-state index contributed by atoms with van der Waals surface area (Å²) in [5, 5.41) is 7.22. The average molecular weight is 835 g/mol. The van der Waals surface area contributed by atoms with Gasteiger partial charge in [-0.05, 0) is 114 Å². The molecule has 1 atom stereocenters. The third-order valence-corrected chi connectivity index (χ3v) is 13.3. The van der Waals surface area contributed by atoms with E-state index in [2.05, 4.69) is 209 Å². The summed E-state index contributed by atoms with van der Waals surface area (Å²) in [6, 6.07) is 76.1. The van der Waals surface area contributed by atoms with E-state index in [1.165, 1.54) is 49.2 Å². The fourth-order valence-corrected chi connectivity index (χ4v) is 10.3. The van der Waals surface area contributed by atoms with Crippen molar-refractivity contribution in [3.8, 4) is 22.5 Å². The highest BCUT2D eigenvalue weighted by molar-refractivity contribution is 6.19. The van der Waals surface area contributed by atoms with Gasteiger partial charge in [0.05, 0.1) is 33.8 Å². The predicted molar refractivity (Wildman–Crippen MR) is 270 cm³/mol. The molecule has 9 aromatic carbocycles. The summed E-state index contributed by atoms with van der Waals surface area (Å²) in [5.41, 5.74) is 15.3. The van der Waals surface area contributed by atoms with Crippen molar-refractivity contribution < 1.29 is 4.42 Å². The Morgan fingerprint density at radius 2 is 1.02 bits per heavy atom. The molecule has 0 saturated heterocycles. The molecule has 1 aliphatic heterocycles. The van der Waals surface area contributed by atoms with Crippen LogP contribution in [0, 0.1) is 0 Å². The summed E-state index contributed by atoms with van der Waals surface area (Å²) in [5.74, 6) is 0.741. The molecule has 0 saturated carbocycles. The van der Waals surface area contributed by atoms with Crippen molar-refractivity contribution in [3.05, 3.63) is 229 Å². The maximum absolute atomic E-state index is 6.36. The maximum atomic E-state index is 6.36. The molecule has 5 heteroatoms. The number of benzene rings is 9. The van der Waals surface area contributed by atoms with Gasteiger partial charge in [0.2, 0.25) is 0 Å². The summed E-state index contributed by atoms with van der Waals surface area (Å²) in [6.07, 6.45) is 2.63. The molecule has 3 aromatic heterocycles. The van der Waals surface area contributed by atoms with Gasteiger partial charge >= 0.3 is 0 Å². The Kier molecular flexibility index (Phi) is 8.73. The van der Waals surface area contributed by atoms with Crippen LogP contribution in [-0.4, -0.2) is 20.7 Å². The summed E-state index contributed by atoms with van der Waals surface area (Å²) < 4.78 is 11.2. The van der Waals surface area contributed by atoms with Crippen LogP contribution >= 0.6 is 0 Å². The van der Waals surface area contributed by atoms with Gasteiger partial charge in [-0.15, -0.1) is 0 Å². The van der Waals surface area contributed by atoms with Crippen LogP contribution in [0.3, 0.4) is 0 Å². The van der Waals surface area contributed by atoms with Gasteiger partial charge in [0, 0.05) is 49.3 Å². The first kappa shape index (κ1) is 37.3. The fraction of sp³-hybridized carbons (Fsp3) is 0.0667. The maximum Gasteiger partial charge on any atom is 0.155 e. The molecule has 65 heavy (non-hydrogen) atoms. The van der Waals surface area contributed by atoms with Crippen LogP contribution in [0.4, 0.5) is 0 Å². The second-order valence-electron chi connectivity index (χ2n) is 17.2. The number of rotatable bonds is 6. The highest BCUT2D eigenvalue weighted by atomic mass is 16.3. The summed E-state index contributed by atoms with van der Waals surface area (Å²) in [6.45, 7) is 0.